The minimum Gasteiger partial charge on any atom is -0.481 e. The van der Waals surface area contributed by atoms with Crippen LogP contribution in [-0.4, -0.2) is 50.8 Å². The Bertz CT molecular complexity index is 581. The number of thioether (sulfide) groups is 1. The summed E-state index contributed by atoms with van der Waals surface area (Å²) in [6.45, 7) is 0.734. The minimum atomic E-state index is -0.744. The van der Waals surface area contributed by atoms with E-state index in [1.165, 1.54) is 11.8 Å². The molecule has 1 heterocycles. The Hall–Kier alpha value is -1.53. The molecule has 1 aromatic rings. The van der Waals surface area contributed by atoms with Crippen LogP contribution in [0.4, 0.5) is 4.79 Å². The molecule has 1 aliphatic heterocycles. The maximum Gasteiger partial charge on any atom is 0.303 e. The van der Waals surface area contributed by atoms with Crippen molar-refractivity contribution in [2.75, 3.05) is 12.3 Å². The summed E-state index contributed by atoms with van der Waals surface area (Å²) >= 11 is 1.39. The molecular weight excluding hydrogens is 362 g/mol. The average Bonchev–Trinajstić information content (AvgIpc) is 2.65. The Morgan fingerprint density at radius 1 is 1.19 bits per heavy atom. The number of rotatable bonds is 12. The maximum atomic E-state index is 12.3. The van der Waals surface area contributed by atoms with Crippen LogP contribution in [0.1, 0.15) is 56.9 Å². The molecule has 2 atom stereocenters. The number of hydrogen-bond donors (Lipinski definition) is 2. The normalized spacial score (nSPS) is 18.5. The fourth-order valence-electron chi connectivity index (χ4n) is 3.53. The fourth-order valence-corrected chi connectivity index (χ4v) is 4.50. The number of hydrogen-bond acceptors (Lipinski definition) is 4. The van der Waals surface area contributed by atoms with Crippen LogP contribution in [0.5, 0.6) is 0 Å². The molecule has 0 bridgehead atoms. The van der Waals surface area contributed by atoms with Gasteiger partial charge in [-0.3, -0.25) is 9.59 Å². The molecular formula is C21H31NO4S. The SMILES string of the molecule is O=C(O)CCCCCCN1C(=O)SCCC1CC[C@@H](O)Cc1ccccc1. The molecule has 2 N–H and O–H groups in total. The summed E-state index contributed by atoms with van der Waals surface area (Å²) in [6.07, 6.45) is 6.46. The van der Waals surface area contributed by atoms with E-state index >= 15 is 0 Å². The first-order chi connectivity index (χ1) is 13.1. The van der Waals surface area contributed by atoms with Gasteiger partial charge in [0.05, 0.1) is 6.10 Å². The number of carboxylic acid groups (broad SMARTS) is 1. The summed E-state index contributed by atoms with van der Waals surface area (Å²) in [5.41, 5.74) is 1.14. The Morgan fingerprint density at radius 2 is 1.93 bits per heavy atom. The van der Waals surface area contributed by atoms with Gasteiger partial charge in [0, 0.05) is 24.8 Å². The third kappa shape index (κ3) is 8.35. The smallest absolute Gasteiger partial charge is 0.303 e. The number of aliphatic carboxylic acids is 1. The van der Waals surface area contributed by atoms with Crippen LogP contribution in [-0.2, 0) is 11.2 Å². The zero-order chi connectivity index (χ0) is 19.5. The van der Waals surface area contributed by atoms with Crippen molar-refractivity contribution in [3.63, 3.8) is 0 Å². The molecule has 5 nitrogen and oxygen atoms in total. The predicted octanol–water partition coefficient (Wildman–Crippen LogP) is 4.33. The van der Waals surface area contributed by atoms with Crippen molar-refractivity contribution in [2.24, 2.45) is 0 Å². The van der Waals surface area contributed by atoms with Gasteiger partial charge in [0.15, 0.2) is 0 Å². The molecule has 0 spiro atoms. The molecule has 1 amide bonds. The minimum absolute atomic E-state index is 0.148. The molecule has 0 aliphatic carbocycles. The topological polar surface area (TPSA) is 77.8 Å². The van der Waals surface area contributed by atoms with E-state index < -0.39 is 5.97 Å². The van der Waals surface area contributed by atoms with E-state index in [4.69, 9.17) is 5.11 Å². The highest BCUT2D eigenvalue weighted by Crippen LogP contribution is 2.27. The van der Waals surface area contributed by atoms with Crippen molar-refractivity contribution in [1.82, 2.24) is 4.90 Å². The summed E-state index contributed by atoms with van der Waals surface area (Å²) < 4.78 is 0. The second kappa shape index (κ2) is 12.0. The second-order valence-electron chi connectivity index (χ2n) is 7.23. The maximum absolute atomic E-state index is 12.3. The van der Waals surface area contributed by atoms with Gasteiger partial charge in [0.2, 0.25) is 0 Å². The van der Waals surface area contributed by atoms with E-state index in [1.54, 1.807) is 0 Å². The largest absolute Gasteiger partial charge is 0.481 e. The molecule has 1 fully saturated rings. The van der Waals surface area contributed by atoms with Gasteiger partial charge in [-0.05, 0) is 44.1 Å². The van der Waals surface area contributed by atoms with Crippen LogP contribution >= 0.6 is 11.8 Å². The molecule has 27 heavy (non-hydrogen) atoms. The van der Waals surface area contributed by atoms with Gasteiger partial charge in [-0.2, -0.15) is 0 Å². The first kappa shape index (κ1) is 21.8. The third-order valence-electron chi connectivity index (χ3n) is 5.04. The lowest BCUT2D eigenvalue weighted by Crippen LogP contribution is -2.43. The highest BCUT2D eigenvalue weighted by molar-refractivity contribution is 8.13. The number of carbonyl (C=O) groups is 2. The zero-order valence-electron chi connectivity index (χ0n) is 15.9. The predicted molar refractivity (Wildman–Crippen MR) is 109 cm³/mol. The number of amides is 1. The van der Waals surface area contributed by atoms with Crippen LogP contribution in [0.3, 0.4) is 0 Å². The van der Waals surface area contributed by atoms with E-state index in [0.717, 1.165) is 50.0 Å². The molecule has 0 aromatic heterocycles. The van der Waals surface area contributed by atoms with Crippen LogP contribution in [0, 0.1) is 0 Å². The number of unbranched alkanes of at least 4 members (excludes halogenated alkanes) is 3. The summed E-state index contributed by atoms with van der Waals surface area (Å²) in [7, 11) is 0. The van der Waals surface area contributed by atoms with Gasteiger partial charge in [-0.15, -0.1) is 0 Å². The standard InChI is InChI=1S/C21H31NO4S/c23-19(16-17-8-4-3-5-9-17)12-11-18-13-15-27-21(26)22(18)14-7-2-1-6-10-20(24)25/h3-5,8-9,18-19,23H,1-2,6-7,10-16H2,(H,24,25)/t18?,19-/m1/s1. The molecule has 2 rings (SSSR count). The first-order valence-corrected chi connectivity index (χ1v) is 10.9. The van der Waals surface area contributed by atoms with E-state index in [9.17, 15) is 14.7 Å². The lowest BCUT2D eigenvalue weighted by atomic mass is 9.99. The van der Waals surface area contributed by atoms with Crippen molar-refractivity contribution in [3.05, 3.63) is 35.9 Å². The van der Waals surface area contributed by atoms with Crippen molar-refractivity contribution in [2.45, 2.75) is 69.9 Å². The monoisotopic (exact) mass is 393 g/mol. The Balaban J connectivity index is 1.72. The van der Waals surface area contributed by atoms with Crippen LogP contribution in [0.2, 0.25) is 0 Å². The highest BCUT2D eigenvalue weighted by Gasteiger charge is 2.28. The summed E-state index contributed by atoms with van der Waals surface area (Å²) in [5.74, 6) is 0.111. The molecule has 1 saturated heterocycles. The van der Waals surface area contributed by atoms with Crippen LogP contribution in [0.15, 0.2) is 30.3 Å². The molecule has 1 aliphatic rings. The number of aliphatic hydroxyl groups excluding tert-OH is 1. The van der Waals surface area contributed by atoms with Gasteiger partial charge in [-0.1, -0.05) is 54.9 Å². The van der Waals surface area contributed by atoms with Crippen LogP contribution < -0.4 is 0 Å². The zero-order valence-corrected chi connectivity index (χ0v) is 16.7. The summed E-state index contributed by atoms with van der Waals surface area (Å²) in [4.78, 5) is 24.8. The van der Waals surface area contributed by atoms with Crippen molar-refractivity contribution < 1.29 is 19.8 Å². The van der Waals surface area contributed by atoms with Gasteiger partial charge >= 0.3 is 5.97 Å². The van der Waals surface area contributed by atoms with Crippen molar-refractivity contribution in [3.8, 4) is 0 Å². The first-order valence-electron chi connectivity index (χ1n) is 9.93. The molecule has 1 aromatic carbocycles. The number of nitrogens with zero attached hydrogens (tertiary/aromatic N) is 1. The molecule has 0 radical (unpaired) electrons. The number of benzene rings is 1. The molecule has 6 heteroatoms. The Kier molecular flexibility index (Phi) is 9.70. The Morgan fingerprint density at radius 3 is 2.67 bits per heavy atom. The Labute approximate surface area is 166 Å². The van der Waals surface area contributed by atoms with E-state index in [1.807, 2.05) is 35.2 Å². The van der Waals surface area contributed by atoms with E-state index in [2.05, 4.69) is 0 Å². The van der Waals surface area contributed by atoms with Gasteiger partial charge < -0.3 is 15.1 Å². The highest BCUT2D eigenvalue weighted by atomic mass is 32.2. The summed E-state index contributed by atoms with van der Waals surface area (Å²) in [5, 5.41) is 19.2. The number of carbonyl (C=O) groups excluding carboxylic acids is 1. The lowest BCUT2D eigenvalue weighted by Gasteiger charge is -2.35. The molecule has 1 unspecified atom stereocenters. The average molecular weight is 394 g/mol. The van der Waals surface area contributed by atoms with Gasteiger partial charge in [-0.25, -0.2) is 0 Å². The lowest BCUT2D eigenvalue weighted by molar-refractivity contribution is -0.137. The fraction of sp³-hybridized carbons (Fsp3) is 0.619. The van der Waals surface area contributed by atoms with Crippen LogP contribution in [0.25, 0.3) is 0 Å². The number of carboxylic acids is 1. The van der Waals surface area contributed by atoms with Crippen molar-refractivity contribution >= 4 is 23.0 Å². The van der Waals surface area contributed by atoms with Crippen molar-refractivity contribution in [1.29, 1.82) is 0 Å². The molecule has 0 saturated carbocycles. The quantitative estimate of drug-likeness (QED) is 0.517. The third-order valence-corrected chi connectivity index (χ3v) is 5.96. The van der Waals surface area contributed by atoms with Gasteiger partial charge in [0.25, 0.3) is 5.24 Å². The van der Waals surface area contributed by atoms with E-state index in [-0.39, 0.29) is 23.8 Å². The van der Waals surface area contributed by atoms with Gasteiger partial charge in [0.1, 0.15) is 0 Å². The van der Waals surface area contributed by atoms with E-state index in [0.29, 0.717) is 19.3 Å². The second-order valence-corrected chi connectivity index (χ2v) is 8.28. The number of aliphatic hydroxyl groups is 1. The summed E-state index contributed by atoms with van der Waals surface area (Å²) in [6, 6.07) is 10.2. The molecule has 150 valence electrons.